The molecule has 0 saturated carbocycles. The van der Waals surface area contributed by atoms with Gasteiger partial charge < -0.3 is 0 Å². The summed E-state index contributed by atoms with van der Waals surface area (Å²) in [5.74, 6) is 0. The number of thiophene rings is 1. The lowest BCUT2D eigenvalue weighted by Crippen LogP contribution is -1.78. The Bertz CT molecular complexity index is 473. The van der Waals surface area contributed by atoms with Gasteiger partial charge in [-0.2, -0.15) is 0 Å². The van der Waals surface area contributed by atoms with E-state index in [1.54, 1.807) is 11.3 Å². The molecule has 0 aliphatic carbocycles. The van der Waals surface area contributed by atoms with Crippen molar-refractivity contribution in [2.75, 3.05) is 0 Å². The number of fused-ring (bicyclic) bond motifs is 1. The lowest BCUT2D eigenvalue weighted by molar-refractivity contribution is 0.112. The molecule has 0 radical (unpaired) electrons. The minimum absolute atomic E-state index is 0.656. The molecule has 0 atom stereocenters. The molecule has 1 aromatic heterocycles. The van der Waals surface area contributed by atoms with Gasteiger partial charge in [-0.1, -0.05) is 17.7 Å². The van der Waals surface area contributed by atoms with E-state index < -0.39 is 0 Å². The Kier molecular flexibility index (Phi) is 2.10. The van der Waals surface area contributed by atoms with Crippen molar-refractivity contribution in [2.24, 2.45) is 0 Å². The van der Waals surface area contributed by atoms with Crippen molar-refractivity contribution in [3.8, 4) is 0 Å². The zero-order chi connectivity index (χ0) is 9.42. The van der Waals surface area contributed by atoms with E-state index >= 15 is 0 Å². The van der Waals surface area contributed by atoms with E-state index in [2.05, 4.69) is 0 Å². The second-order valence-electron chi connectivity index (χ2n) is 2.88. The number of hydrogen-bond acceptors (Lipinski definition) is 2. The van der Waals surface area contributed by atoms with Crippen molar-refractivity contribution >= 4 is 39.3 Å². The van der Waals surface area contributed by atoms with Gasteiger partial charge in [0.25, 0.3) is 0 Å². The first kappa shape index (κ1) is 8.73. The first-order chi connectivity index (χ1) is 6.24. The van der Waals surface area contributed by atoms with Crippen LogP contribution in [0.3, 0.4) is 0 Å². The number of aryl methyl sites for hydroxylation is 1. The van der Waals surface area contributed by atoms with Crippen molar-refractivity contribution in [3.05, 3.63) is 33.7 Å². The first-order valence-corrected chi connectivity index (χ1v) is 5.11. The molecule has 13 heavy (non-hydrogen) atoms. The maximum absolute atomic E-state index is 10.7. The zero-order valence-corrected chi connectivity index (χ0v) is 8.58. The molecule has 0 unspecified atom stereocenters. The third-order valence-electron chi connectivity index (χ3n) is 2.02. The van der Waals surface area contributed by atoms with E-state index in [0.29, 0.717) is 10.6 Å². The van der Waals surface area contributed by atoms with Crippen LogP contribution in [0, 0.1) is 6.92 Å². The largest absolute Gasteiger partial charge is 0.298 e. The summed E-state index contributed by atoms with van der Waals surface area (Å²) in [6, 6.07) is 3.80. The van der Waals surface area contributed by atoms with Crippen LogP contribution in [0.1, 0.15) is 15.9 Å². The SMILES string of the molecule is Cc1ccc(Cl)c2c(C=O)csc12. The van der Waals surface area contributed by atoms with E-state index in [0.717, 1.165) is 21.9 Å². The molecule has 1 aromatic carbocycles. The first-order valence-electron chi connectivity index (χ1n) is 3.85. The molecular weight excluding hydrogens is 204 g/mol. The molecule has 0 bridgehead atoms. The summed E-state index contributed by atoms with van der Waals surface area (Å²) in [6.07, 6.45) is 0.851. The molecule has 0 spiro atoms. The Balaban J connectivity index is 2.95. The van der Waals surface area contributed by atoms with Crippen LogP contribution in [0.5, 0.6) is 0 Å². The fourth-order valence-electron chi connectivity index (χ4n) is 1.35. The molecule has 1 nitrogen and oxygen atoms in total. The van der Waals surface area contributed by atoms with Crippen LogP contribution in [0.4, 0.5) is 0 Å². The highest BCUT2D eigenvalue weighted by atomic mass is 35.5. The molecule has 2 rings (SSSR count). The minimum atomic E-state index is 0.656. The van der Waals surface area contributed by atoms with Crippen LogP contribution in [-0.4, -0.2) is 6.29 Å². The number of hydrogen-bond donors (Lipinski definition) is 0. The maximum atomic E-state index is 10.7. The average Bonchev–Trinajstić information content (AvgIpc) is 2.56. The van der Waals surface area contributed by atoms with Crippen LogP contribution >= 0.6 is 22.9 Å². The van der Waals surface area contributed by atoms with Crippen molar-refractivity contribution in [1.82, 2.24) is 0 Å². The highest BCUT2D eigenvalue weighted by Crippen LogP contribution is 2.33. The molecular formula is C10H7ClOS. The lowest BCUT2D eigenvalue weighted by Gasteiger charge is -1.97. The number of carbonyl (C=O) groups is 1. The van der Waals surface area contributed by atoms with Gasteiger partial charge in [0, 0.05) is 26.1 Å². The quantitative estimate of drug-likeness (QED) is 0.657. The van der Waals surface area contributed by atoms with Gasteiger partial charge in [0.05, 0.1) is 0 Å². The fraction of sp³-hybridized carbons (Fsp3) is 0.100. The fourth-order valence-corrected chi connectivity index (χ4v) is 2.69. The smallest absolute Gasteiger partial charge is 0.151 e. The van der Waals surface area contributed by atoms with Crippen LogP contribution < -0.4 is 0 Å². The summed E-state index contributed by atoms with van der Waals surface area (Å²) >= 11 is 7.57. The van der Waals surface area contributed by atoms with Gasteiger partial charge in [0.2, 0.25) is 0 Å². The number of aldehydes is 1. The van der Waals surface area contributed by atoms with Gasteiger partial charge in [-0.25, -0.2) is 0 Å². The minimum Gasteiger partial charge on any atom is -0.298 e. The van der Waals surface area contributed by atoms with Gasteiger partial charge in [0.15, 0.2) is 6.29 Å². The van der Waals surface area contributed by atoms with Gasteiger partial charge in [-0.05, 0) is 18.6 Å². The van der Waals surface area contributed by atoms with Crippen molar-refractivity contribution in [3.63, 3.8) is 0 Å². The number of benzene rings is 1. The maximum Gasteiger partial charge on any atom is 0.151 e. The van der Waals surface area contributed by atoms with Crippen LogP contribution in [0.2, 0.25) is 5.02 Å². The topological polar surface area (TPSA) is 17.1 Å². The molecule has 0 aliphatic rings. The summed E-state index contributed by atoms with van der Waals surface area (Å²) in [7, 11) is 0. The molecule has 0 N–H and O–H groups in total. The second-order valence-corrected chi connectivity index (χ2v) is 4.16. The number of halogens is 1. The van der Waals surface area contributed by atoms with Gasteiger partial charge in [-0.15, -0.1) is 11.3 Å². The van der Waals surface area contributed by atoms with Crippen LogP contribution in [-0.2, 0) is 0 Å². The summed E-state index contributed by atoms with van der Waals surface area (Å²) in [5.41, 5.74) is 1.85. The third kappa shape index (κ3) is 1.26. The Labute approximate surface area is 84.9 Å². The molecule has 0 fully saturated rings. The average molecular weight is 211 g/mol. The zero-order valence-electron chi connectivity index (χ0n) is 7.00. The van der Waals surface area contributed by atoms with Crippen molar-refractivity contribution < 1.29 is 4.79 Å². The Hall–Kier alpha value is -0.860. The van der Waals surface area contributed by atoms with E-state index in [1.165, 1.54) is 0 Å². The highest BCUT2D eigenvalue weighted by molar-refractivity contribution is 7.17. The second kappa shape index (κ2) is 3.13. The summed E-state index contributed by atoms with van der Waals surface area (Å²) in [4.78, 5) is 10.7. The Morgan fingerprint density at radius 2 is 2.23 bits per heavy atom. The van der Waals surface area contributed by atoms with Gasteiger partial charge in [0.1, 0.15) is 0 Å². The molecule has 0 aliphatic heterocycles. The number of carbonyl (C=O) groups excluding carboxylic acids is 1. The lowest BCUT2D eigenvalue weighted by atomic mass is 10.1. The van der Waals surface area contributed by atoms with Crippen LogP contribution in [0.15, 0.2) is 17.5 Å². The van der Waals surface area contributed by atoms with Crippen molar-refractivity contribution in [1.29, 1.82) is 0 Å². The molecule has 3 heteroatoms. The van der Waals surface area contributed by atoms with Gasteiger partial charge >= 0.3 is 0 Å². The monoisotopic (exact) mass is 210 g/mol. The summed E-state index contributed by atoms with van der Waals surface area (Å²) in [6.45, 7) is 2.02. The highest BCUT2D eigenvalue weighted by Gasteiger charge is 2.08. The van der Waals surface area contributed by atoms with E-state index in [-0.39, 0.29) is 0 Å². The van der Waals surface area contributed by atoms with Crippen LogP contribution in [0.25, 0.3) is 10.1 Å². The predicted molar refractivity (Wildman–Crippen MR) is 57.0 cm³/mol. The van der Waals surface area contributed by atoms with E-state index in [1.807, 2.05) is 24.4 Å². The van der Waals surface area contributed by atoms with Crippen molar-refractivity contribution in [2.45, 2.75) is 6.92 Å². The van der Waals surface area contributed by atoms with Gasteiger partial charge in [-0.3, -0.25) is 4.79 Å². The molecule has 0 saturated heterocycles. The Morgan fingerprint density at radius 1 is 1.46 bits per heavy atom. The summed E-state index contributed by atoms with van der Waals surface area (Å²) in [5, 5.41) is 3.39. The summed E-state index contributed by atoms with van der Waals surface area (Å²) < 4.78 is 1.11. The molecule has 2 aromatic rings. The third-order valence-corrected chi connectivity index (χ3v) is 3.47. The number of rotatable bonds is 1. The Morgan fingerprint density at radius 3 is 2.92 bits per heavy atom. The van der Waals surface area contributed by atoms with E-state index in [9.17, 15) is 4.79 Å². The molecule has 66 valence electrons. The molecule has 0 amide bonds. The normalized spacial score (nSPS) is 10.6. The predicted octanol–water partition coefficient (Wildman–Crippen LogP) is 3.68. The molecule has 1 heterocycles. The van der Waals surface area contributed by atoms with E-state index in [4.69, 9.17) is 11.6 Å². The standard InChI is InChI=1S/C10H7ClOS/c1-6-2-3-8(11)9-7(4-12)5-13-10(6)9/h2-5H,1H3.